The first-order chi connectivity index (χ1) is 17.1. The summed E-state index contributed by atoms with van der Waals surface area (Å²) in [6, 6.07) is 9.60. The van der Waals surface area contributed by atoms with E-state index >= 15 is 0 Å². The Bertz CT molecular complexity index is 1260. The number of amides is 1. The molecule has 2 aromatic carbocycles. The summed E-state index contributed by atoms with van der Waals surface area (Å²) in [6.07, 6.45) is -0.629. The van der Waals surface area contributed by atoms with Crippen LogP contribution in [0.25, 0.3) is 0 Å². The number of carbonyl (C=O) groups is 1. The van der Waals surface area contributed by atoms with E-state index in [4.69, 9.17) is 9.47 Å². The van der Waals surface area contributed by atoms with E-state index in [1.807, 2.05) is 6.92 Å². The van der Waals surface area contributed by atoms with Gasteiger partial charge in [0, 0.05) is 38.2 Å². The van der Waals surface area contributed by atoms with Gasteiger partial charge in [-0.3, -0.25) is 4.79 Å². The zero-order valence-electron chi connectivity index (χ0n) is 20.8. The third kappa shape index (κ3) is 6.05. The zero-order chi connectivity index (χ0) is 26.5. The second-order valence-corrected chi connectivity index (χ2v) is 10.7. The first-order valence-electron chi connectivity index (χ1n) is 11.5. The van der Waals surface area contributed by atoms with Crippen molar-refractivity contribution in [2.75, 3.05) is 40.5 Å². The van der Waals surface area contributed by atoms with E-state index in [0.717, 1.165) is 0 Å². The van der Waals surface area contributed by atoms with Gasteiger partial charge in [-0.2, -0.15) is 4.31 Å². The Morgan fingerprint density at radius 2 is 2.06 bits per heavy atom. The number of halogens is 1. The van der Waals surface area contributed by atoms with Crippen molar-refractivity contribution < 1.29 is 32.2 Å². The van der Waals surface area contributed by atoms with Gasteiger partial charge >= 0.3 is 0 Å². The number of carbonyl (C=O) groups excluding carboxylic acids is 1. The van der Waals surface area contributed by atoms with Crippen LogP contribution in [0, 0.1) is 23.6 Å². The number of likely N-dealkylation sites (N-methyl/N-ethyl adjacent to an activating group) is 1. The topological polar surface area (TPSA) is 96.4 Å². The molecule has 0 aliphatic carbocycles. The summed E-state index contributed by atoms with van der Waals surface area (Å²) in [4.78, 5) is 14.2. The van der Waals surface area contributed by atoms with E-state index in [1.54, 1.807) is 32.2 Å². The van der Waals surface area contributed by atoms with E-state index in [1.165, 1.54) is 40.6 Å². The number of ether oxygens (including phenoxy) is 2. The molecule has 1 aliphatic rings. The minimum absolute atomic E-state index is 0.0555. The Kier molecular flexibility index (Phi) is 9.08. The number of hydrogen-bond donors (Lipinski definition) is 1. The average molecular weight is 519 g/mol. The monoisotopic (exact) mass is 518 g/mol. The summed E-state index contributed by atoms with van der Waals surface area (Å²) < 4.78 is 53.7. The van der Waals surface area contributed by atoms with Crippen molar-refractivity contribution in [1.82, 2.24) is 9.21 Å². The molecule has 194 valence electrons. The normalized spacial score (nSPS) is 20.1. The fourth-order valence-electron chi connectivity index (χ4n) is 3.92. The number of fused-ring (bicyclic) bond motifs is 1. The number of rotatable bonds is 6. The largest absolute Gasteiger partial charge is 0.487 e. The maximum Gasteiger partial charge on any atom is 0.256 e. The van der Waals surface area contributed by atoms with Crippen LogP contribution >= 0.6 is 0 Å². The van der Waals surface area contributed by atoms with Gasteiger partial charge in [-0.05, 0) is 37.3 Å². The van der Waals surface area contributed by atoms with Gasteiger partial charge in [0.15, 0.2) is 0 Å². The van der Waals surface area contributed by atoms with Crippen molar-refractivity contribution in [1.29, 1.82) is 0 Å². The van der Waals surface area contributed by atoms with Crippen LogP contribution in [0.5, 0.6) is 5.75 Å². The van der Waals surface area contributed by atoms with Crippen LogP contribution in [0.15, 0.2) is 47.4 Å². The van der Waals surface area contributed by atoms with Gasteiger partial charge in [-0.25, -0.2) is 12.8 Å². The smallest absolute Gasteiger partial charge is 0.256 e. The quantitative estimate of drug-likeness (QED) is 0.590. The fraction of sp³-hybridized carbons (Fsp3) is 0.423. The standard InChI is InChI=1S/C26H31FN2O6S/c1-18-15-29(19(2)17-30)36(32,33)25-12-11-20(8-7-13-34-4)14-23(25)35-24(18)16-28(3)26(31)21-9-5-6-10-22(21)27/h5-6,9-12,14,18-19,24,30H,13,15-17H2,1-4H3/t18-,19-,24+/m1/s1. The van der Waals surface area contributed by atoms with Crippen LogP contribution in [-0.4, -0.2) is 81.2 Å². The van der Waals surface area contributed by atoms with Crippen molar-refractivity contribution in [3.8, 4) is 17.6 Å². The summed E-state index contributed by atoms with van der Waals surface area (Å²) >= 11 is 0. The second kappa shape index (κ2) is 11.8. The lowest BCUT2D eigenvalue weighted by Crippen LogP contribution is -2.50. The molecule has 0 aromatic heterocycles. The van der Waals surface area contributed by atoms with Crippen LogP contribution in [-0.2, 0) is 14.8 Å². The van der Waals surface area contributed by atoms with Gasteiger partial charge < -0.3 is 19.5 Å². The SMILES string of the molecule is COCC#Cc1ccc2c(c1)O[C@@H](CN(C)C(=O)c1ccccc1F)[C@H](C)CN([C@H](C)CO)S2(=O)=O. The lowest BCUT2D eigenvalue weighted by atomic mass is 10.0. The highest BCUT2D eigenvalue weighted by atomic mass is 32.2. The molecule has 0 unspecified atom stereocenters. The van der Waals surface area contributed by atoms with Gasteiger partial charge in [0.25, 0.3) is 5.91 Å². The van der Waals surface area contributed by atoms with E-state index in [9.17, 15) is 22.7 Å². The van der Waals surface area contributed by atoms with E-state index in [0.29, 0.717) is 5.56 Å². The molecule has 3 atom stereocenters. The molecule has 2 aromatic rings. The molecule has 0 fully saturated rings. The minimum atomic E-state index is -4.00. The number of benzene rings is 2. The van der Waals surface area contributed by atoms with Gasteiger partial charge in [0.1, 0.15) is 29.2 Å². The predicted octanol–water partition coefficient (Wildman–Crippen LogP) is 2.36. The van der Waals surface area contributed by atoms with Gasteiger partial charge in [-0.1, -0.05) is 30.9 Å². The van der Waals surface area contributed by atoms with Crippen LogP contribution in [0.3, 0.4) is 0 Å². The van der Waals surface area contributed by atoms with E-state index < -0.39 is 33.9 Å². The van der Waals surface area contributed by atoms with Crippen LogP contribution in [0.1, 0.15) is 29.8 Å². The highest BCUT2D eigenvalue weighted by molar-refractivity contribution is 7.89. The van der Waals surface area contributed by atoms with Crippen molar-refractivity contribution in [3.05, 3.63) is 59.4 Å². The zero-order valence-corrected chi connectivity index (χ0v) is 21.6. The Morgan fingerprint density at radius 1 is 1.33 bits per heavy atom. The molecular formula is C26H31FN2O6S. The number of hydrogen-bond acceptors (Lipinski definition) is 6. The molecule has 0 radical (unpaired) electrons. The summed E-state index contributed by atoms with van der Waals surface area (Å²) in [5.41, 5.74) is 0.471. The van der Waals surface area contributed by atoms with Crippen LogP contribution < -0.4 is 4.74 Å². The number of sulfonamides is 1. The molecule has 36 heavy (non-hydrogen) atoms. The molecule has 1 amide bonds. The molecule has 1 N–H and O–H groups in total. The summed E-state index contributed by atoms with van der Waals surface area (Å²) in [6.45, 7) is 3.42. The van der Waals surface area contributed by atoms with Crippen LogP contribution in [0.4, 0.5) is 4.39 Å². The molecule has 0 spiro atoms. The lowest BCUT2D eigenvalue weighted by molar-refractivity contribution is 0.0560. The molecule has 0 saturated carbocycles. The Morgan fingerprint density at radius 3 is 2.72 bits per heavy atom. The first kappa shape index (κ1) is 27.6. The molecule has 1 aliphatic heterocycles. The van der Waals surface area contributed by atoms with E-state index in [-0.39, 0.29) is 48.4 Å². The number of nitrogens with zero attached hydrogens (tertiary/aromatic N) is 2. The summed E-state index contributed by atoms with van der Waals surface area (Å²) in [5.74, 6) is 4.31. The maximum atomic E-state index is 14.2. The van der Waals surface area contributed by atoms with Crippen molar-refractivity contribution >= 4 is 15.9 Å². The van der Waals surface area contributed by atoms with Gasteiger partial charge in [0.05, 0.1) is 18.7 Å². The molecule has 1 heterocycles. The number of aliphatic hydroxyl groups excluding tert-OH is 1. The predicted molar refractivity (Wildman–Crippen MR) is 133 cm³/mol. The minimum Gasteiger partial charge on any atom is -0.487 e. The van der Waals surface area contributed by atoms with Gasteiger partial charge in [-0.15, -0.1) is 0 Å². The Balaban J connectivity index is 2.01. The molecule has 0 bridgehead atoms. The number of methoxy groups -OCH3 is 1. The number of aliphatic hydroxyl groups is 1. The Hall–Kier alpha value is -2.97. The van der Waals surface area contributed by atoms with Crippen molar-refractivity contribution in [2.24, 2.45) is 5.92 Å². The Labute approximate surface area is 211 Å². The average Bonchev–Trinajstić information content (AvgIpc) is 2.85. The van der Waals surface area contributed by atoms with Crippen molar-refractivity contribution in [3.63, 3.8) is 0 Å². The molecule has 8 nitrogen and oxygen atoms in total. The molecule has 10 heteroatoms. The maximum absolute atomic E-state index is 14.2. The van der Waals surface area contributed by atoms with Crippen molar-refractivity contribution in [2.45, 2.75) is 30.9 Å². The van der Waals surface area contributed by atoms with Crippen LogP contribution in [0.2, 0.25) is 0 Å². The van der Waals surface area contributed by atoms with Gasteiger partial charge in [0.2, 0.25) is 10.0 Å². The third-order valence-corrected chi connectivity index (χ3v) is 8.04. The summed E-state index contributed by atoms with van der Waals surface area (Å²) in [7, 11) is -0.936. The third-order valence-electron chi connectivity index (χ3n) is 6.02. The highest BCUT2D eigenvalue weighted by Crippen LogP contribution is 2.34. The highest BCUT2D eigenvalue weighted by Gasteiger charge is 2.38. The van der Waals surface area contributed by atoms with E-state index in [2.05, 4.69) is 11.8 Å². The second-order valence-electron chi connectivity index (χ2n) is 8.80. The summed E-state index contributed by atoms with van der Waals surface area (Å²) in [5, 5.41) is 9.76. The molecule has 3 rings (SSSR count). The fourth-order valence-corrected chi connectivity index (χ4v) is 5.75. The molecular weight excluding hydrogens is 487 g/mol. The molecule has 0 saturated heterocycles. The first-order valence-corrected chi connectivity index (χ1v) is 12.9. The lowest BCUT2D eigenvalue weighted by Gasteiger charge is -2.37.